The summed E-state index contributed by atoms with van der Waals surface area (Å²) in [7, 11) is 0. The zero-order valence-electron chi connectivity index (χ0n) is 42.3. The Labute approximate surface area is 420 Å². The van der Waals surface area contributed by atoms with Gasteiger partial charge in [-0.15, -0.1) is 0 Å². The van der Waals surface area contributed by atoms with Gasteiger partial charge in [-0.25, -0.2) is 0 Å². The molecule has 3 aliphatic heterocycles. The quantitative estimate of drug-likeness (QED) is 0.0566. The number of carbonyl (C=O) groups is 3. The van der Waals surface area contributed by atoms with E-state index in [1.807, 2.05) is 45.4 Å². The van der Waals surface area contributed by atoms with E-state index >= 15 is 0 Å². The van der Waals surface area contributed by atoms with Crippen LogP contribution >= 0.6 is 15.9 Å². The van der Waals surface area contributed by atoms with Crippen LogP contribution in [0.2, 0.25) is 13.3 Å². The number of aliphatic imine (C=N–C) groups is 3. The van der Waals surface area contributed by atoms with E-state index in [2.05, 4.69) is 102 Å². The number of carboxylic acid groups (broad SMARTS) is 1. The Bertz CT molecular complexity index is 2670. The first-order chi connectivity index (χ1) is 33.0. The zero-order chi connectivity index (χ0) is 50.7. The standard InChI is InChI=1S/C11H11N3O3.C10H10N2O.C8H7BrN2.C8H8N2.C4H7O.3C4H9.Sn/c1-6-3-8-9(4-12-6)14(5-10(16)17)13-11(8)7(2)15;1-6-3-9-8(4-11-6)5-12-10(9)7(2)13;1-5-2-7-6(3-10-5)4-11-8(7)9;1-6-2-7-3-9-4-8(7)5-10-6;1-3-5-4-2;3*1-3-4-2;/h3-4H,5H2,1-2H3,(H,16,17);3-4H,5H2,1-2H3;2-3H,4H2,1H3;2-3,5H,4H2,1H3;1,4H2,2H3;3*1,3-4H2,2H3;. The number of pyridine rings is 4. The fourth-order valence-corrected chi connectivity index (χ4v) is 23.2. The number of ketones is 2. The molecule has 0 atom stereocenters. The number of unbranched alkanes of at least 4 members (excludes halogenated alkanes) is 3. The van der Waals surface area contributed by atoms with E-state index < -0.39 is 24.3 Å². The summed E-state index contributed by atoms with van der Waals surface area (Å²) in [5, 5.41) is 13.4. The first-order valence-electron chi connectivity index (χ1n) is 24.0. The van der Waals surface area contributed by atoms with Crippen molar-refractivity contribution in [3.8, 4) is 0 Å². The van der Waals surface area contributed by atoms with Gasteiger partial charge in [-0.3, -0.25) is 54.0 Å². The minimum atomic E-state index is -2.24. The van der Waals surface area contributed by atoms with E-state index in [1.165, 1.54) is 95.7 Å². The molecule has 1 N–H and O–H groups in total. The second-order valence-corrected chi connectivity index (χ2v) is 31.5. The fraction of sp³-hybridized carbons (Fsp3) is 0.453. The number of hydrogen-bond donors (Lipinski definition) is 1. The first kappa shape index (κ1) is 56.3. The molecule has 0 amide bonds. The van der Waals surface area contributed by atoms with Crippen LogP contribution in [0.15, 0.2) is 74.4 Å². The Morgan fingerprint density at radius 2 is 1.23 bits per heavy atom. The number of Topliss-reactive ketones (excluding diaryl/α,β-unsaturated/α-hetero) is 2. The number of aromatic nitrogens is 6. The molecule has 69 heavy (non-hydrogen) atoms. The van der Waals surface area contributed by atoms with Crippen LogP contribution in [-0.4, -0.2) is 93.9 Å². The van der Waals surface area contributed by atoms with E-state index in [0.29, 0.717) is 23.2 Å². The van der Waals surface area contributed by atoms with Crippen LogP contribution < -0.4 is 0 Å². The molecule has 5 aromatic heterocycles. The summed E-state index contributed by atoms with van der Waals surface area (Å²) >= 11 is 1.15. The Hall–Kier alpha value is -5.29. The molecule has 368 valence electrons. The molecule has 0 aromatic carbocycles. The van der Waals surface area contributed by atoms with E-state index in [9.17, 15) is 14.4 Å². The van der Waals surface area contributed by atoms with Crippen molar-refractivity contribution in [1.82, 2.24) is 29.7 Å². The van der Waals surface area contributed by atoms with Gasteiger partial charge in [0, 0.05) is 100 Å². The number of aryl methyl sites for hydroxylation is 4. The maximum Gasteiger partial charge on any atom is 0.325 e. The molecule has 0 fully saturated rings. The number of fused-ring (bicyclic) bond motifs is 4. The van der Waals surface area contributed by atoms with E-state index in [4.69, 9.17) is 9.84 Å². The van der Waals surface area contributed by atoms with Gasteiger partial charge < -0.3 is 5.11 Å². The average Bonchev–Trinajstić information content (AvgIpc) is 4.12. The molecule has 0 unspecified atom stereocenters. The molecule has 0 bridgehead atoms. The number of halogens is 1. The number of aliphatic carboxylic acids is 1. The average molecular weight is 1110 g/mol. The minimum Gasteiger partial charge on any atom is -0.480 e. The summed E-state index contributed by atoms with van der Waals surface area (Å²) in [5.74, 6) is -1.17. The van der Waals surface area contributed by atoms with Crippen molar-refractivity contribution >= 4 is 79.3 Å². The van der Waals surface area contributed by atoms with Gasteiger partial charge in [-0.2, -0.15) is 5.10 Å². The molecule has 0 radical (unpaired) electrons. The Kier molecular flexibility index (Phi) is 22.7. The number of carboxylic acids is 1. The van der Waals surface area contributed by atoms with Crippen molar-refractivity contribution in [3.05, 3.63) is 121 Å². The van der Waals surface area contributed by atoms with Crippen LogP contribution in [0.4, 0.5) is 0 Å². The van der Waals surface area contributed by atoms with Gasteiger partial charge in [-0.05, 0) is 67.9 Å². The third-order valence-electron chi connectivity index (χ3n) is 11.8. The maximum absolute atomic E-state index is 11.4. The molecular weight excluding hydrogens is 1040 g/mol. The molecule has 0 spiro atoms. The predicted molar refractivity (Wildman–Crippen MR) is 284 cm³/mol. The third kappa shape index (κ3) is 16.4. The largest absolute Gasteiger partial charge is 0.480 e. The normalized spacial score (nSPS) is 12.6. The van der Waals surface area contributed by atoms with Gasteiger partial charge in [0.2, 0.25) is 0 Å². The molecule has 5 aromatic rings. The van der Waals surface area contributed by atoms with E-state index in [-0.39, 0.29) is 23.8 Å². The molecule has 0 aliphatic carbocycles. The molecule has 14 nitrogen and oxygen atoms in total. The summed E-state index contributed by atoms with van der Waals surface area (Å²) in [4.78, 5) is 62.4. The number of ether oxygens (including phenoxy) is 1. The third-order valence-corrected chi connectivity index (χ3v) is 27.5. The molecule has 0 saturated carbocycles. The summed E-state index contributed by atoms with van der Waals surface area (Å²) in [6.07, 6.45) is 17.1. The van der Waals surface area contributed by atoms with Crippen LogP contribution in [0.5, 0.6) is 0 Å². The Morgan fingerprint density at radius 3 is 1.78 bits per heavy atom. The molecule has 8 rings (SSSR count). The van der Waals surface area contributed by atoms with Crippen LogP contribution in [0, 0.1) is 27.7 Å². The number of carbonyl (C=O) groups excluding carboxylic acids is 2. The van der Waals surface area contributed by atoms with Gasteiger partial charge >= 0.3 is 126 Å². The molecule has 3 aliphatic rings. The van der Waals surface area contributed by atoms with Gasteiger partial charge in [-0.1, -0.05) is 0 Å². The predicted octanol–water partition coefficient (Wildman–Crippen LogP) is 11.6. The van der Waals surface area contributed by atoms with Crippen molar-refractivity contribution in [1.29, 1.82) is 0 Å². The van der Waals surface area contributed by atoms with Gasteiger partial charge in [0.05, 0.1) is 31.3 Å². The zero-order valence-corrected chi connectivity index (χ0v) is 46.7. The first-order valence-corrected chi connectivity index (χ1v) is 32.2. The van der Waals surface area contributed by atoms with Crippen molar-refractivity contribution in [2.75, 3.05) is 6.61 Å². The van der Waals surface area contributed by atoms with Crippen LogP contribution in [0.1, 0.15) is 147 Å². The topological polar surface area (TPSA) is 187 Å². The second-order valence-electron chi connectivity index (χ2n) is 17.5. The fourth-order valence-electron chi connectivity index (χ4n) is 8.09. The smallest absolute Gasteiger partial charge is 0.325 e. The van der Waals surface area contributed by atoms with Gasteiger partial charge in [0.1, 0.15) is 22.6 Å². The second kappa shape index (κ2) is 27.8. The summed E-state index contributed by atoms with van der Waals surface area (Å²) in [5.41, 5.74) is 12.1. The summed E-state index contributed by atoms with van der Waals surface area (Å²) in [6, 6.07) is 7.77. The Morgan fingerprint density at radius 1 is 0.710 bits per heavy atom. The number of rotatable bonds is 16. The monoisotopic (exact) mass is 1110 g/mol. The van der Waals surface area contributed by atoms with Crippen LogP contribution in [0.25, 0.3) is 10.9 Å². The Balaban J connectivity index is 0.000000190. The molecule has 8 heterocycles. The van der Waals surface area contributed by atoms with Gasteiger partial charge in [0.15, 0.2) is 11.6 Å². The minimum absolute atomic E-state index is 0.0318. The summed E-state index contributed by atoms with van der Waals surface area (Å²) in [6.45, 7) is 26.7. The maximum atomic E-state index is 11.4. The molecular formula is C53H70BrN9O5Sn. The molecule has 16 heteroatoms. The number of nitrogens with zero attached hydrogens (tertiary/aromatic N) is 9. The van der Waals surface area contributed by atoms with E-state index in [0.717, 1.165) is 58.2 Å². The van der Waals surface area contributed by atoms with Crippen molar-refractivity contribution in [2.24, 2.45) is 15.0 Å². The van der Waals surface area contributed by atoms with Crippen LogP contribution in [0.3, 0.4) is 0 Å². The van der Waals surface area contributed by atoms with Gasteiger partial charge in [0.25, 0.3) is 0 Å². The molecule has 0 saturated heterocycles. The van der Waals surface area contributed by atoms with Crippen LogP contribution in [-0.2, 0) is 40.5 Å². The van der Waals surface area contributed by atoms with Crippen molar-refractivity contribution in [2.45, 2.75) is 147 Å². The van der Waals surface area contributed by atoms with E-state index in [1.54, 1.807) is 26.1 Å². The van der Waals surface area contributed by atoms with Crippen molar-refractivity contribution in [3.63, 3.8) is 0 Å². The SMILES string of the molecule is C=[C](OCC)[Sn]([CH2]CCC)([CH2]CCC)[CH2]CCC.CC(=O)C1=NCc2cnc(C)cc21.CC(=O)c1nn(CC(=O)O)c2cnc(C)cc12.Cc1cc2c(cn1)CN=C2.Cc1cc2c(cn1)CN=C2Br. The van der Waals surface area contributed by atoms with Crippen molar-refractivity contribution < 1.29 is 24.2 Å². The summed E-state index contributed by atoms with van der Waals surface area (Å²) < 4.78 is 13.8. The number of hydrogen-bond acceptors (Lipinski definition) is 12.